The molecular weight excluding hydrogens is 248 g/mol. The summed E-state index contributed by atoms with van der Waals surface area (Å²) in [6.07, 6.45) is 0.945. The third kappa shape index (κ3) is 4.27. The minimum atomic E-state index is 0.630. The third-order valence-corrected chi connectivity index (χ3v) is 2.95. The van der Waals surface area contributed by atoms with Crippen molar-refractivity contribution in [3.05, 3.63) is 11.4 Å². The first kappa shape index (κ1) is 14.9. The highest BCUT2D eigenvalue weighted by Crippen LogP contribution is 2.17. The van der Waals surface area contributed by atoms with Gasteiger partial charge in [-0.15, -0.1) is 0 Å². The van der Waals surface area contributed by atoms with Gasteiger partial charge in [0.05, 0.1) is 17.1 Å². The molecule has 0 atom stereocenters. The van der Waals surface area contributed by atoms with Crippen LogP contribution in [0.25, 0.3) is 0 Å². The summed E-state index contributed by atoms with van der Waals surface area (Å²) in [5.41, 5.74) is 3.01. The highest BCUT2D eigenvalue weighted by atomic mass is 32.1. The largest absolute Gasteiger partial charge is 0.382 e. The molecule has 1 heterocycles. The van der Waals surface area contributed by atoms with Crippen LogP contribution < -0.4 is 10.6 Å². The number of hydrogen-bond donors (Lipinski definition) is 2. The number of aromatic nitrogens is 2. The molecule has 18 heavy (non-hydrogen) atoms. The Bertz CT molecular complexity index is 403. The zero-order valence-corrected chi connectivity index (χ0v) is 12.4. The van der Waals surface area contributed by atoms with Crippen LogP contribution in [0.5, 0.6) is 0 Å². The van der Waals surface area contributed by atoms with E-state index >= 15 is 0 Å². The first-order valence-electron chi connectivity index (χ1n) is 6.19. The highest BCUT2D eigenvalue weighted by molar-refractivity contribution is 7.80. The van der Waals surface area contributed by atoms with Gasteiger partial charge in [0.2, 0.25) is 0 Å². The second-order valence-corrected chi connectivity index (χ2v) is 4.51. The molecule has 0 aliphatic carbocycles. The molecule has 1 aromatic rings. The van der Waals surface area contributed by atoms with E-state index in [2.05, 4.69) is 15.7 Å². The molecule has 6 heteroatoms. The number of thiocarbonyl (C=S) groups is 1. The van der Waals surface area contributed by atoms with Crippen LogP contribution in [0.3, 0.4) is 0 Å². The van der Waals surface area contributed by atoms with E-state index in [9.17, 15) is 0 Å². The second kappa shape index (κ2) is 7.33. The second-order valence-electron chi connectivity index (χ2n) is 4.10. The summed E-state index contributed by atoms with van der Waals surface area (Å²) >= 11 is 5.24. The molecule has 0 saturated heterocycles. The van der Waals surface area contributed by atoms with Gasteiger partial charge in [-0.05, 0) is 39.4 Å². The first-order valence-corrected chi connectivity index (χ1v) is 6.59. The Morgan fingerprint density at radius 3 is 2.72 bits per heavy atom. The average molecular weight is 270 g/mol. The smallest absolute Gasteiger partial charge is 0.170 e. The molecule has 0 amide bonds. The van der Waals surface area contributed by atoms with E-state index in [0.717, 1.165) is 43.3 Å². The molecule has 2 N–H and O–H groups in total. The number of ether oxygens (including phenoxy) is 1. The van der Waals surface area contributed by atoms with Crippen LogP contribution in [-0.4, -0.2) is 34.7 Å². The molecule has 0 aliphatic rings. The zero-order valence-electron chi connectivity index (χ0n) is 11.5. The van der Waals surface area contributed by atoms with Crippen LogP contribution >= 0.6 is 12.2 Å². The minimum absolute atomic E-state index is 0.630. The predicted molar refractivity (Wildman–Crippen MR) is 78.0 cm³/mol. The van der Waals surface area contributed by atoms with E-state index in [1.807, 2.05) is 32.5 Å². The molecule has 0 aliphatic heterocycles. The van der Waals surface area contributed by atoms with E-state index in [1.165, 1.54) is 0 Å². The molecule has 102 valence electrons. The normalized spacial score (nSPS) is 10.4. The van der Waals surface area contributed by atoms with Crippen LogP contribution in [0.2, 0.25) is 0 Å². The van der Waals surface area contributed by atoms with Crippen molar-refractivity contribution in [3.8, 4) is 0 Å². The fourth-order valence-electron chi connectivity index (χ4n) is 1.63. The SMILES string of the molecule is CCOCCCNC(=S)Nc1c(C)nn(C)c1C. The van der Waals surface area contributed by atoms with E-state index < -0.39 is 0 Å². The fraction of sp³-hybridized carbons (Fsp3) is 0.667. The van der Waals surface area contributed by atoms with Crippen molar-refractivity contribution in [2.75, 3.05) is 25.1 Å². The number of aryl methyl sites for hydroxylation is 2. The monoisotopic (exact) mass is 270 g/mol. The van der Waals surface area contributed by atoms with Gasteiger partial charge >= 0.3 is 0 Å². The molecular formula is C12H22N4OS. The number of nitrogens with zero attached hydrogens (tertiary/aromatic N) is 2. The van der Waals surface area contributed by atoms with Crippen LogP contribution in [0.1, 0.15) is 24.7 Å². The van der Waals surface area contributed by atoms with E-state index in [-0.39, 0.29) is 0 Å². The number of hydrogen-bond acceptors (Lipinski definition) is 3. The van der Waals surface area contributed by atoms with Crippen molar-refractivity contribution in [1.82, 2.24) is 15.1 Å². The lowest BCUT2D eigenvalue weighted by molar-refractivity contribution is 0.146. The molecule has 5 nitrogen and oxygen atoms in total. The molecule has 0 saturated carbocycles. The highest BCUT2D eigenvalue weighted by Gasteiger charge is 2.09. The van der Waals surface area contributed by atoms with Crippen molar-refractivity contribution in [2.45, 2.75) is 27.2 Å². The third-order valence-electron chi connectivity index (χ3n) is 2.70. The number of rotatable bonds is 6. The van der Waals surface area contributed by atoms with Crippen molar-refractivity contribution in [2.24, 2.45) is 7.05 Å². The summed E-state index contributed by atoms with van der Waals surface area (Å²) in [4.78, 5) is 0. The topological polar surface area (TPSA) is 51.1 Å². The van der Waals surface area contributed by atoms with Gasteiger partial charge < -0.3 is 15.4 Å². The Kier molecular flexibility index (Phi) is 6.07. The Hall–Kier alpha value is -1.14. The zero-order chi connectivity index (χ0) is 13.5. The molecule has 0 spiro atoms. The molecule has 1 aromatic heterocycles. The summed E-state index contributed by atoms with van der Waals surface area (Å²) in [6.45, 7) is 8.30. The van der Waals surface area contributed by atoms with E-state index in [4.69, 9.17) is 17.0 Å². The molecule has 0 fully saturated rings. The van der Waals surface area contributed by atoms with Crippen LogP contribution in [0.4, 0.5) is 5.69 Å². The Labute approximate surface area is 114 Å². The van der Waals surface area contributed by atoms with Gasteiger partial charge in [-0.3, -0.25) is 4.68 Å². The molecule has 0 unspecified atom stereocenters. The van der Waals surface area contributed by atoms with Crippen molar-refractivity contribution >= 4 is 23.0 Å². The van der Waals surface area contributed by atoms with Crippen LogP contribution in [0.15, 0.2) is 0 Å². The number of anilines is 1. The fourth-order valence-corrected chi connectivity index (χ4v) is 1.84. The van der Waals surface area contributed by atoms with Gasteiger partial charge in [0, 0.05) is 26.8 Å². The lowest BCUT2D eigenvalue weighted by Gasteiger charge is -2.10. The maximum Gasteiger partial charge on any atom is 0.170 e. The van der Waals surface area contributed by atoms with Crippen LogP contribution in [0, 0.1) is 13.8 Å². The molecule has 0 bridgehead atoms. The van der Waals surface area contributed by atoms with Gasteiger partial charge in [0.1, 0.15) is 0 Å². The summed E-state index contributed by atoms with van der Waals surface area (Å²) in [5, 5.41) is 11.3. The van der Waals surface area contributed by atoms with Gasteiger partial charge in [-0.25, -0.2) is 0 Å². The van der Waals surface area contributed by atoms with Crippen molar-refractivity contribution in [1.29, 1.82) is 0 Å². The summed E-state index contributed by atoms with van der Waals surface area (Å²) in [6, 6.07) is 0. The lowest BCUT2D eigenvalue weighted by Crippen LogP contribution is -2.30. The first-order chi connectivity index (χ1) is 8.56. The summed E-state index contributed by atoms with van der Waals surface area (Å²) in [7, 11) is 1.92. The maximum atomic E-state index is 5.26. The average Bonchev–Trinajstić information content (AvgIpc) is 2.56. The lowest BCUT2D eigenvalue weighted by atomic mass is 10.3. The van der Waals surface area contributed by atoms with Crippen molar-refractivity contribution < 1.29 is 4.74 Å². The Balaban J connectivity index is 2.36. The van der Waals surface area contributed by atoms with Gasteiger partial charge in [-0.2, -0.15) is 5.10 Å². The van der Waals surface area contributed by atoms with Gasteiger partial charge in [-0.1, -0.05) is 0 Å². The quantitative estimate of drug-likeness (QED) is 0.609. The van der Waals surface area contributed by atoms with Gasteiger partial charge in [0.25, 0.3) is 0 Å². The standard InChI is InChI=1S/C12H22N4OS/c1-5-17-8-6-7-13-12(18)14-11-9(2)15-16(4)10(11)3/h5-8H2,1-4H3,(H2,13,14,18). The van der Waals surface area contributed by atoms with Crippen molar-refractivity contribution in [3.63, 3.8) is 0 Å². The van der Waals surface area contributed by atoms with E-state index in [0.29, 0.717) is 5.11 Å². The van der Waals surface area contributed by atoms with E-state index in [1.54, 1.807) is 0 Å². The predicted octanol–water partition coefficient (Wildman–Crippen LogP) is 1.75. The summed E-state index contributed by atoms with van der Waals surface area (Å²) in [5.74, 6) is 0. The number of nitrogens with one attached hydrogen (secondary N) is 2. The molecule has 0 aromatic carbocycles. The minimum Gasteiger partial charge on any atom is -0.382 e. The van der Waals surface area contributed by atoms with Gasteiger partial charge in [0.15, 0.2) is 5.11 Å². The Morgan fingerprint density at radius 2 is 2.17 bits per heavy atom. The molecule has 1 rings (SSSR count). The van der Waals surface area contributed by atoms with Crippen LogP contribution in [-0.2, 0) is 11.8 Å². The maximum absolute atomic E-state index is 5.26. The summed E-state index contributed by atoms with van der Waals surface area (Å²) < 4.78 is 7.10. The Morgan fingerprint density at radius 1 is 1.44 bits per heavy atom. The molecule has 0 radical (unpaired) electrons.